The molecule has 1 aliphatic heterocycles. The molecule has 23 heavy (non-hydrogen) atoms. The van der Waals surface area contributed by atoms with E-state index < -0.39 is 11.1 Å². The van der Waals surface area contributed by atoms with Crippen LogP contribution in [0.1, 0.15) is 32.8 Å². The van der Waals surface area contributed by atoms with Gasteiger partial charge in [0.1, 0.15) is 9.07 Å². The van der Waals surface area contributed by atoms with Crippen molar-refractivity contribution in [3.63, 3.8) is 0 Å². The number of hydroxylamine groups is 1. The summed E-state index contributed by atoms with van der Waals surface area (Å²) in [5.41, 5.74) is 0.630. The van der Waals surface area contributed by atoms with E-state index in [1.165, 1.54) is 30.1 Å². The van der Waals surface area contributed by atoms with Crippen LogP contribution in [0.5, 0.6) is 0 Å². The molecule has 2 rings (SSSR count). The Balaban J connectivity index is 2.30. The summed E-state index contributed by atoms with van der Waals surface area (Å²) in [7, 11) is 0. The number of thioether (sulfide) groups is 1. The van der Waals surface area contributed by atoms with Gasteiger partial charge in [0, 0.05) is 24.2 Å². The minimum atomic E-state index is -0.461. The third-order valence-electron chi connectivity index (χ3n) is 3.59. The summed E-state index contributed by atoms with van der Waals surface area (Å²) in [6, 6.07) is 5.92. The minimum absolute atomic E-state index is 0.00476. The highest BCUT2D eigenvalue weighted by Gasteiger charge is 2.49. The van der Waals surface area contributed by atoms with Gasteiger partial charge in [-0.3, -0.25) is 15.0 Å². The number of nitro groups is 1. The first-order chi connectivity index (χ1) is 10.8. The van der Waals surface area contributed by atoms with E-state index in [1.54, 1.807) is 12.1 Å². The van der Waals surface area contributed by atoms with Crippen molar-refractivity contribution in [3.05, 3.63) is 45.2 Å². The van der Waals surface area contributed by atoms with Crippen LogP contribution in [0, 0.1) is 15.3 Å². The van der Waals surface area contributed by atoms with Gasteiger partial charge in [0.25, 0.3) is 11.9 Å². The van der Waals surface area contributed by atoms with E-state index >= 15 is 0 Å². The van der Waals surface area contributed by atoms with Crippen LogP contribution in [0.15, 0.2) is 24.3 Å². The monoisotopic (exact) mass is 353 g/mol. The van der Waals surface area contributed by atoms with E-state index in [0.717, 1.165) is 22.0 Å². The molecule has 1 saturated heterocycles. The molecule has 1 aliphatic rings. The van der Waals surface area contributed by atoms with E-state index in [-0.39, 0.29) is 10.4 Å². The van der Waals surface area contributed by atoms with E-state index in [1.807, 2.05) is 25.7 Å². The Labute approximate surface area is 144 Å². The number of hydrogen-bond donors (Lipinski definition) is 0. The van der Waals surface area contributed by atoms with Crippen LogP contribution in [0.3, 0.4) is 0 Å². The van der Waals surface area contributed by atoms with E-state index in [2.05, 4.69) is 0 Å². The smallest absolute Gasteiger partial charge is 0.269 e. The Morgan fingerprint density at radius 3 is 2.48 bits per heavy atom. The lowest BCUT2D eigenvalue weighted by molar-refractivity contribution is -0.523. The summed E-state index contributed by atoms with van der Waals surface area (Å²) >= 11 is 6.93. The number of rotatable bonds is 5. The molecule has 0 aliphatic carbocycles. The van der Waals surface area contributed by atoms with Crippen LogP contribution in [0.4, 0.5) is 5.69 Å². The molecule has 0 saturated carbocycles. The first-order valence-electron chi connectivity index (χ1n) is 7.30. The number of benzene rings is 1. The first-order valence-corrected chi connectivity index (χ1v) is 8.53. The van der Waals surface area contributed by atoms with Crippen LogP contribution >= 0.6 is 24.0 Å². The third kappa shape index (κ3) is 3.81. The zero-order valence-corrected chi connectivity index (χ0v) is 14.9. The molecule has 1 fully saturated rings. The van der Waals surface area contributed by atoms with Gasteiger partial charge in [-0.05, 0) is 32.4 Å². The molecule has 124 valence electrons. The van der Waals surface area contributed by atoms with Gasteiger partial charge in [0.05, 0.1) is 4.92 Å². The van der Waals surface area contributed by atoms with Gasteiger partial charge in [-0.1, -0.05) is 30.9 Å². The number of thiocarbonyl (C=S) groups is 1. The highest BCUT2D eigenvalue weighted by Crippen LogP contribution is 2.41. The van der Waals surface area contributed by atoms with Crippen LogP contribution in [0.25, 0.3) is 0 Å². The molecule has 0 aromatic heterocycles. The second kappa shape index (κ2) is 6.84. The van der Waals surface area contributed by atoms with Crippen molar-refractivity contribution in [3.8, 4) is 0 Å². The lowest BCUT2D eigenvalue weighted by atomic mass is 10.1. The summed E-state index contributed by atoms with van der Waals surface area (Å²) in [4.78, 5) is 12.2. The van der Waals surface area contributed by atoms with Crippen molar-refractivity contribution < 1.29 is 9.66 Å². The maximum atomic E-state index is 12.7. The molecule has 1 unspecified atom stereocenters. The molecule has 1 atom stereocenters. The topological polar surface area (TPSA) is 72.5 Å². The van der Waals surface area contributed by atoms with Crippen LogP contribution in [0.2, 0.25) is 0 Å². The van der Waals surface area contributed by atoms with Crippen LogP contribution in [-0.4, -0.2) is 42.6 Å². The maximum absolute atomic E-state index is 12.7. The minimum Gasteiger partial charge on any atom is -0.622 e. The van der Waals surface area contributed by atoms with Gasteiger partial charge in [-0.25, -0.2) is 0 Å². The lowest BCUT2D eigenvalue weighted by Crippen LogP contribution is -2.48. The largest absolute Gasteiger partial charge is 0.622 e. The molecule has 1 aromatic carbocycles. The Morgan fingerprint density at radius 1 is 1.35 bits per heavy atom. The molecule has 0 amide bonds. The summed E-state index contributed by atoms with van der Waals surface area (Å²) in [5.74, 6) is 0. The molecule has 0 radical (unpaired) electrons. The Morgan fingerprint density at radius 2 is 1.96 bits per heavy atom. The van der Waals surface area contributed by atoms with E-state index in [4.69, 9.17) is 12.2 Å². The maximum Gasteiger partial charge on any atom is 0.269 e. The third-order valence-corrected chi connectivity index (χ3v) is 5.22. The summed E-state index contributed by atoms with van der Waals surface area (Å²) in [5, 5.41) is 23.4. The summed E-state index contributed by atoms with van der Waals surface area (Å²) in [6.07, 6.45) is 1.97. The Hall–Kier alpha value is -1.67. The Bertz CT molecular complexity index is 644. The molecule has 0 spiro atoms. The molecule has 0 N–H and O–H groups in total. The molecule has 8 heteroatoms. The van der Waals surface area contributed by atoms with Crippen molar-refractivity contribution in [1.82, 2.24) is 4.90 Å². The zero-order chi connectivity index (χ0) is 17.2. The fraction of sp³-hybridized carbons (Fsp3) is 0.467. The van der Waals surface area contributed by atoms with Gasteiger partial charge >= 0.3 is 0 Å². The van der Waals surface area contributed by atoms with E-state index in [0.29, 0.717) is 5.56 Å². The molecule has 6 nitrogen and oxygen atoms in total. The predicted octanol–water partition coefficient (Wildman–Crippen LogP) is 3.37. The number of nitrogens with zero attached hydrogens (tertiary/aromatic N) is 3. The standard InChI is InChI=1S/C15H19N3O3S2/c1-4-9-16-13(15(2,3)23-14(16)22)17(19)10-11-5-7-12(8-6-11)18(20)21/h5-8,10,13H,4,9H2,1-3H3/b17-10-. The van der Waals surface area contributed by atoms with Crippen LogP contribution < -0.4 is 0 Å². The highest BCUT2D eigenvalue weighted by molar-refractivity contribution is 8.24. The first kappa shape index (κ1) is 17.7. The quantitative estimate of drug-likeness (QED) is 0.202. The van der Waals surface area contributed by atoms with Gasteiger partial charge in [0.15, 0.2) is 6.21 Å². The van der Waals surface area contributed by atoms with Crippen molar-refractivity contribution in [2.75, 3.05) is 6.54 Å². The van der Waals surface area contributed by atoms with Crippen molar-refractivity contribution in [2.45, 2.75) is 38.1 Å². The average molecular weight is 353 g/mol. The molecular formula is C15H19N3O3S2. The van der Waals surface area contributed by atoms with Gasteiger partial charge in [-0.2, -0.15) is 4.74 Å². The summed E-state index contributed by atoms with van der Waals surface area (Å²) < 4.78 is 1.31. The number of non-ortho nitro benzene ring substituents is 1. The van der Waals surface area contributed by atoms with Crippen molar-refractivity contribution in [1.29, 1.82) is 0 Å². The van der Waals surface area contributed by atoms with Gasteiger partial charge in [0.2, 0.25) is 0 Å². The van der Waals surface area contributed by atoms with Gasteiger partial charge in [-0.15, -0.1) is 0 Å². The second-order valence-corrected chi connectivity index (χ2v) is 8.16. The lowest BCUT2D eigenvalue weighted by Gasteiger charge is -2.29. The SMILES string of the molecule is CCCN1C(=S)SC(C)(C)C1/[N+]([O-])=C/c1ccc([N+](=O)[O-])cc1. The van der Waals surface area contributed by atoms with Gasteiger partial charge < -0.3 is 5.21 Å². The van der Waals surface area contributed by atoms with Crippen LogP contribution in [-0.2, 0) is 0 Å². The fourth-order valence-electron chi connectivity index (χ4n) is 2.61. The number of nitro benzene ring substituents is 1. The highest BCUT2D eigenvalue weighted by atomic mass is 32.2. The van der Waals surface area contributed by atoms with Crippen molar-refractivity contribution >= 4 is 40.2 Å². The molecular weight excluding hydrogens is 334 g/mol. The normalized spacial score (nSPS) is 20.8. The molecule has 1 aromatic rings. The zero-order valence-electron chi connectivity index (χ0n) is 13.3. The average Bonchev–Trinajstić information content (AvgIpc) is 2.69. The number of hydrogen-bond acceptors (Lipinski definition) is 5. The molecule has 1 heterocycles. The van der Waals surface area contributed by atoms with Crippen molar-refractivity contribution in [2.24, 2.45) is 0 Å². The molecule has 0 bridgehead atoms. The second-order valence-electron chi connectivity index (χ2n) is 5.88. The van der Waals surface area contributed by atoms with E-state index in [9.17, 15) is 15.3 Å². The summed E-state index contributed by atoms with van der Waals surface area (Å²) in [6.45, 7) is 6.77. The fourth-order valence-corrected chi connectivity index (χ4v) is 4.54. The predicted molar refractivity (Wildman–Crippen MR) is 96.9 cm³/mol. The Kier molecular flexibility index (Phi) is 5.26.